The molecule has 0 fully saturated rings. The average Bonchev–Trinajstić information content (AvgIpc) is 3.11. The number of aromatic nitrogens is 3. The number of pyridine rings is 2. The van der Waals surface area contributed by atoms with Gasteiger partial charge in [0.15, 0.2) is 11.8 Å². The van der Waals surface area contributed by atoms with Crippen molar-refractivity contribution in [2.24, 2.45) is 10.9 Å². The molecule has 0 radical (unpaired) electrons. The highest BCUT2D eigenvalue weighted by atomic mass is 14.9. The Morgan fingerprint density at radius 3 is 3.04 bits per heavy atom. The molecule has 3 aromatic heterocycles. The van der Waals surface area contributed by atoms with Crippen molar-refractivity contribution in [3.05, 3.63) is 36.3 Å². The molecule has 0 bridgehead atoms. The standard InChI is InChI=1S/C20H24N6/c1-14(2)10-15(4-3-7-22-13-23-12-21)16-5-8-24-18-11-26-20-17(19(16)18)6-9-25-20/h5-6,8-9,11,13-15,24H,3-4,7,10H2,1-2H3,(H,22,23). The number of nitriles is 1. The van der Waals surface area contributed by atoms with Gasteiger partial charge < -0.3 is 4.98 Å². The highest BCUT2D eigenvalue weighted by Crippen LogP contribution is 2.35. The SMILES string of the molecule is CC(C)CC(CCCN=CNC#N)c1cc[nH]c2cnc3nccc3c12. The van der Waals surface area contributed by atoms with Crippen molar-refractivity contribution in [1.29, 1.82) is 5.26 Å². The molecule has 0 aliphatic heterocycles. The Labute approximate surface area is 153 Å². The van der Waals surface area contributed by atoms with E-state index in [1.165, 1.54) is 17.3 Å². The van der Waals surface area contributed by atoms with Crippen LogP contribution < -0.4 is 5.32 Å². The van der Waals surface area contributed by atoms with E-state index in [0.29, 0.717) is 11.8 Å². The van der Waals surface area contributed by atoms with Crippen molar-refractivity contribution in [3.8, 4) is 6.19 Å². The summed E-state index contributed by atoms with van der Waals surface area (Å²) >= 11 is 0. The molecule has 134 valence electrons. The van der Waals surface area contributed by atoms with Gasteiger partial charge in [0, 0.05) is 29.7 Å². The lowest BCUT2D eigenvalue weighted by atomic mass is 9.85. The lowest BCUT2D eigenvalue weighted by molar-refractivity contribution is 0.470. The number of aromatic amines is 1. The van der Waals surface area contributed by atoms with Crippen LogP contribution in [0.3, 0.4) is 0 Å². The second kappa shape index (κ2) is 8.43. The molecule has 1 unspecified atom stereocenters. The maximum Gasteiger partial charge on any atom is 0.182 e. The topological polar surface area (TPSA) is 89.8 Å². The minimum Gasteiger partial charge on any atom is -0.360 e. The van der Waals surface area contributed by atoms with Gasteiger partial charge in [0.1, 0.15) is 0 Å². The molecule has 0 saturated heterocycles. The maximum absolute atomic E-state index is 8.46. The van der Waals surface area contributed by atoms with E-state index >= 15 is 0 Å². The first-order chi connectivity index (χ1) is 12.7. The van der Waals surface area contributed by atoms with Crippen LogP contribution in [0.15, 0.2) is 35.7 Å². The molecule has 6 nitrogen and oxygen atoms in total. The summed E-state index contributed by atoms with van der Waals surface area (Å²) < 4.78 is 0. The first-order valence-corrected chi connectivity index (χ1v) is 9.04. The number of fused-ring (bicyclic) bond motifs is 3. The number of rotatable bonds is 8. The third kappa shape index (κ3) is 3.99. The molecule has 0 amide bonds. The Bertz CT molecular complexity index is 934. The Morgan fingerprint density at radius 2 is 2.23 bits per heavy atom. The monoisotopic (exact) mass is 348 g/mol. The van der Waals surface area contributed by atoms with Gasteiger partial charge in [0.25, 0.3) is 0 Å². The lowest BCUT2D eigenvalue weighted by Gasteiger charge is -2.21. The fraction of sp³-hybridized carbons (Fsp3) is 0.400. The summed E-state index contributed by atoms with van der Waals surface area (Å²) in [6.45, 7) is 5.25. The summed E-state index contributed by atoms with van der Waals surface area (Å²) in [6, 6.07) is 4.24. The minimum atomic E-state index is 0.451. The normalized spacial score (nSPS) is 12.8. The zero-order valence-corrected chi connectivity index (χ0v) is 15.2. The number of hydrogen-bond donors (Lipinski definition) is 2. The molecule has 0 aliphatic carbocycles. The number of aliphatic imine (C=N–C) groups is 1. The summed E-state index contributed by atoms with van der Waals surface area (Å²) in [4.78, 5) is 16.3. The average molecular weight is 348 g/mol. The molecular formula is C20H24N6. The molecular weight excluding hydrogens is 324 g/mol. The fourth-order valence-corrected chi connectivity index (χ4v) is 3.56. The summed E-state index contributed by atoms with van der Waals surface area (Å²) in [5.41, 5.74) is 3.20. The van der Waals surface area contributed by atoms with Gasteiger partial charge >= 0.3 is 0 Å². The summed E-state index contributed by atoms with van der Waals surface area (Å²) in [7, 11) is 0. The fourth-order valence-electron chi connectivity index (χ4n) is 3.56. The maximum atomic E-state index is 8.46. The van der Waals surface area contributed by atoms with E-state index in [0.717, 1.165) is 42.4 Å². The Balaban J connectivity index is 1.91. The zero-order chi connectivity index (χ0) is 18.4. The van der Waals surface area contributed by atoms with Crippen molar-refractivity contribution < 1.29 is 0 Å². The van der Waals surface area contributed by atoms with Crippen LogP contribution >= 0.6 is 0 Å². The summed E-state index contributed by atoms with van der Waals surface area (Å²) in [6.07, 6.45) is 12.2. The second-order valence-corrected chi connectivity index (χ2v) is 6.92. The van der Waals surface area contributed by atoms with E-state index in [4.69, 9.17) is 5.26 Å². The van der Waals surface area contributed by atoms with Crippen LogP contribution in [0.2, 0.25) is 0 Å². The van der Waals surface area contributed by atoms with Crippen LogP contribution in [0.4, 0.5) is 0 Å². The molecule has 1 atom stereocenters. The summed E-state index contributed by atoms with van der Waals surface area (Å²) in [5, 5.41) is 13.2. The number of H-pyrrole nitrogens is 1. The highest BCUT2D eigenvalue weighted by molar-refractivity contribution is 6.05. The van der Waals surface area contributed by atoms with Gasteiger partial charge in [0.2, 0.25) is 0 Å². The molecule has 3 aromatic rings. The quantitative estimate of drug-likeness (QED) is 0.211. The smallest absolute Gasteiger partial charge is 0.182 e. The van der Waals surface area contributed by atoms with E-state index < -0.39 is 0 Å². The molecule has 2 N–H and O–H groups in total. The van der Waals surface area contributed by atoms with E-state index in [2.05, 4.69) is 45.2 Å². The molecule has 6 heteroatoms. The number of nitrogens with one attached hydrogen (secondary N) is 2. The predicted molar refractivity (Wildman–Crippen MR) is 105 cm³/mol. The Morgan fingerprint density at radius 1 is 1.35 bits per heavy atom. The zero-order valence-electron chi connectivity index (χ0n) is 15.2. The van der Waals surface area contributed by atoms with Gasteiger partial charge in [-0.05, 0) is 48.8 Å². The van der Waals surface area contributed by atoms with Gasteiger partial charge in [-0.15, -0.1) is 0 Å². The van der Waals surface area contributed by atoms with Crippen molar-refractivity contribution in [2.75, 3.05) is 6.54 Å². The second-order valence-electron chi connectivity index (χ2n) is 6.92. The van der Waals surface area contributed by atoms with Crippen molar-refractivity contribution in [3.63, 3.8) is 0 Å². The highest BCUT2D eigenvalue weighted by Gasteiger charge is 2.18. The van der Waals surface area contributed by atoms with Crippen molar-refractivity contribution >= 4 is 28.3 Å². The van der Waals surface area contributed by atoms with Crippen LogP contribution in [0.25, 0.3) is 21.9 Å². The van der Waals surface area contributed by atoms with Gasteiger partial charge in [-0.3, -0.25) is 10.3 Å². The molecule has 0 aromatic carbocycles. The largest absolute Gasteiger partial charge is 0.360 e. The molecule has 0 spiro atoms. The lowest BCUT2D eigenvalue weighted by Crippen LogP contribution is -2.06. The van der Waals surface area contributed by atoms with Crippen LogP contribution in [0, 0.1) is 17.4 Å². The molecule has 3 rings (SSSR count). The third-order valence-electron chi connectivity index (χ3n) is 4.58. The van der Waals surface area contributed by atoms with Crippen molar-refractivity contribution in [2.45, 2.75) is 39.0 Å². The number of nitrogens with zero attached hydrogens (tertiary/aromatic N) is 4. The predicted octanol–water partition coefficient (Wildman–Crippen LogP) is 4.12. The van der Waals surface area contributed by atoms with E-state index in [1.807, 2.05) is 30.9 Å². The third-order valence-corrected chi connectivity index (χ3v) is 4.58. The molecule has 3 heterocycles. The van der Waals surface area contributed by atoms with E-state index in [1.54, 1.807) is 0 Å². The minimum absolute atomic E-state index is 0.451. The first-order valence-electron chi connectivity index (χ1n) is 9.04. The van der Waals surface area contributed by atoms with Crippen LogP contribution in [-0.4, -0.2) is 27.8 Å². The van der Waals surface area contributed by atoms with Gasteiger partial charge in [0.05, 0.1) is 18.1 Å². The Hall–Kier alpha value is -2.94. The van der Waals surface area contributed by atoms with Crippen LogP contribution in [0.1, 0.15) is 44.6 Å². The molecule has 26 heavy (non-hydrogen) atoms. The van der Waals surface area contributed by atoms with Crippen LogP contribution in [0.5, 0.6) is 0 Å². The van der Waals surface area contributed by atoms with E-state index in [9.17, 15) is 0 Å². The Kier molecular flexibility index (Phi) is 5.80. The van der Waals surface area contributed by atoms with Crippen LogP contribution in [-0.2, 0) is 0 Å². The summed E-state index contributed by atoms with van der Waals surface area (Å²) in [5.74, 6) is 1.06. The molecule has 0 aliphatic rings. The van der Waals surface area contributed by atoms with Crippen molar-refractivity contribution in [1.82, 2.24) is 20.3 Å². The van der Waals surface area contributed by atoms with Gasteiger partial charge in [-0.2, -0.15) is 5.26 Å². The molecule has 0 saturated carbocycles. The van der Waals surface area contributed by atoms with E-state index in [-0.39, 0.29) is 0 Å². The van der Waals surface area contributed by atoms with Gasteiger partial charge in [-0.25, -0.2) is 9.97 Å². The first kappa shape index (κ1) is 17.9. The number of hydrogen-bond acceptors (Lipinski definition) is 4. The van der Waals surface area contributed by atoms with Gasteiger partial charge in [-0.1, -0.05) is 13.8 Å².